The lowest BCUT2D eigenvalue weighted by Gasteiger charge is -2.23. The van der Waals surface area contributed by atoms with Gasteiger partial charge in [0.1, 0.15) is 24.3 Å². The van der Waals surface area contributed by atoms with Gasteiger partial charge in [-0.3, -0.25) is 9.59 Å². The van der Waals surface area contributed by atoms with Gasteiger partial charge in [0, 0.05) is 41.0 Å². The van der Waals surface area contributed by atoms with E-state index in [0.29, 0.717) is 54.7 Å². The minimum Gasteiger partial charge on any atom is -0.491 e. The molecule has 2 aromatic heterocycles. The van der Waals surface area contributed by atoms with Gasteiger partial charge in [0.05, 0.1) is 17.8 Å². The number of nitrogens with zero attached hydrogens (tertiary/aromatic N) is 3. The van der Waals surface area contributed by atoms with E-state index in [1.807, 2.05) is 60.4 Å². The summed E-state index contributed by atoms with van der Waals surface area (Å²) in [5, 5.41) is 3.65. The predicted molar refractivity (Wildman–Crippen MR) is 166 cm³/mol. The number of H-pyrrole nitrogens is 1. The van der Waals surface area contributed by atoms with Crippen LogP contribution in [0.1, 0.15) is 50.6 Å². The Morgan fingerprint density at radius 2 is 1.91 bits per heavy atom. The van der Waals surface area contributed by atoms with E-state index >= 15 is 0 Å². The summed E-state index contributed by atoms with van der Waals surface area (Å²) < 4.78 is 6.07. The molecule has 0 spiro atoms. The minimum absolute atomic E-state index is 0.0629. The lowest BCUT2D eigenvalue weighted by molar-refractivity contribution is 0.0953. The second-order valence-corrected chi connectivity index (χ2v) is 11.1. The third-order valence-corrected chi connectivity index (χ3v) is 8.27. The number of nitrogens with one attached hydrogen (secondary N) is 2. The van der Waals surface area contributed by atoms with Crippen molar-refractivity contribution in [3.63, 3.8) is 0 Å². The molecule has 0 bridgehead atoms. The van der Waals surface area contributed by atoms with Crippen LogP contribution in [0.2, 0.25) is 0 Å². The van der Waals surface area contributed by atoms with Crippen molar-refractivity contribution in [2.45, 2.75) is 25.7 Å². The van der Waals surface area contributed by atoms with Crippen molar-refractivity contribution in [3.8, 4) is 28.3 Å². The molecule has 1 fully saturated rings. The number of rotatable bonds is 7. The first-order valence-corrected chi connectivity index (χ1v) is 14.6. The van der Waals surface area contributed by atoms with Crippen molar-refractivity contribution >= 4 is 28.5 Å². The van der Waals surface area contributed by atoms with Gasteiger partial charge in [0.25, 0.3) is 11.8 Å². The fourth-order valence-corrected chi connectivity index (χ4v) is 5.80. The zero-order valence-electron chi connectivity index (χ0n) is 23.9. The van der Waals surface area contributed by atoms with E-state index in [-0.39, 0.29) is 11.8 Å². The number of fused-ring (bicyclic) bond motifs is 2. The highest BCUT2D eigenvalue weighted by Gasteiger charge is 2.30. The van der Waals surface area contributed by atoms with E-state index in [2.05, 4.69) is 26.3 Å². The lowest BCUT2D eigenvalue weighted by Crippen LogP contribution is -2.33. The fourth-order valence-electron chi connectivity index (χ4n) is 5.80. The van der Waals surface area contributed by atoms with Crippen LogP contribution in [0.25, 0.3) is 33.5 Å². The van der Waals surface area contributed by atoms with Gasteiger partial charge in [-0.15, -0.1) is 0 Å². The van der Waals surface area contributed by atoms with Gasteiger partial charge in [-0.05, 0) is 78.8 Å². The second-order valence-electron chi connectivity index (χ2n) is 11.1. The van der Waals surface area contributed by atoms with Gasteiger partial charge in [-0.2, -0.15) is 0 Å². The highest BCUT2D eigenvalue weighted by molar-refractivity contribution is 6.09. The first-order chi connectivity index (χ1) is 21.0. The number of ether oxygens (including phenoxy) is 1. The van der Waals surface area contributed by atoms with Crippen LogP contribution in [0.15, 0.2) is 73.1 Å². The molecule has 0 atom stereocenters. The number of nitrogens with two attached hydrogens (primary N) is 1. The molecule has 4 N–H and O–H groups in total. The van der Waals surface area contributed by atoms with E-state index in [1.54, 1.807) is 18.5 Å². The van der Waals surface area contributed by atoms with E-state index in [4.69, 9.17) is 10.5 Å². The number of benzene rings is 3. The average Bonchev–Trinajstić information content (AvgIpc) is 3.82. The number of carbonyl (C=O) groups excluding carboxylic acids is 2. The molecule has 216 valence electrons. The third kappa shape index (κ3) is 5.02. The first kappa shape index (κ1) is 26.9. The van der Waals surface area contributed by atoms with Crippen molar-refractivity contribution in [1.29, 1.82) is 0 Å². The van der Waals surface area contributed by atoms with Crippen LogP contribution >= 0.6 is 0 Å². The third-order valence-electron chi connectivity index (χ3n) is 8.27. The van der Waals surface area contributed by atoms with Gasteiger partial charge < -0.3 is 25.7 Å². The molecule has 3 heterocycles. The molecule has 5 aromatic rings. The summed E-state index contributed by atoms with van der Waals surface area (Å²) in [4.78, 5) is 40.5. The normalized spacial score (nSPS) is 14.7. The molecular formula is C34H32N6O3. The second kappa shape index (κ2) is 11.0. The smallest absolute Gasteiger partial charge is 0.262 e. The lowest BCUT2D eigenvalue weighted by atomic mass is 10.00. The van der Waals surface area contributed by atoms with E-state index < -0.39 is 0 Å². The van der Waals surface area contributed by atoms with Crippen LogP contribution in [-0.2, 0) is 0 Å². The zero-order valence-corrected chi connectivity index (χ0v) is 23.9. The zero-order chi connectivity index (χ0) is 29.5. The summed E-state index contributed by atoms with van der Waals surface area (Å²) in [6, 6.07) is 21.4. The molecule has 7 rings (SSSR count). The largest absolute Gasteiger partial charge is 0.491 e. The maximum atomic E-state index is 13.8. The number of aromatic nitrogens is 3. The van der Waals surface area contributed by atoms with Crippen LogP contribution in [0.5, 0.6) is 5.75 Å². The molecule has 0 saturated heterocycles. The maximum Gasteiger partial charge on any atom is 0.262 e. The summed E-state index contributed by atoms with van der Waals surface area (Å²) in [5.74, 6) is 1.05. The van der Waals surface area contributed by atoms with Crippen LogP contribution in [0.4, 0.5) is 5.69 Å². The van der Waals surface area contributed by atoms with E-state index in [9.17, 15) is 9.59 Å². The van der Waals surface area contributed by atoms with Crippen molar-refractivity contribution in [2.75, 3.05) is 31.1 Å². The van der Waals surface area contributed by atoms with Crippen molar-refractivity contribution in [3.05, 3.63) is 95.3 Å². The highest BCUT2D eigenvalue weighted by Crippen LogP contribution is 2.42. The maximum absolute atomic E-state index is 13.8. The Morgan fingerprint density at radius 3 is 2.70 bits per heavy atom. The Morgan fingerprint density at radius 1 is 1.07 bits per heavy atom. The SMILES string of the molecule is Cc1c(-c2ncnc3[nH]c(-c4ccc(C(=O)NCCN)cc4)cc23)cccc1N1CCOc2cc(C3CC3)ccc2C1=O. The van der Waals surface area contributed by atoms with Crippen molar-refractivity contribution < 1.29 is 14.3 Å². The summed E-state index contributed by atoms with van der Waals surface area (Å²) >= 11 is 0. The van der Waals surface area contributed by atoms with Crippen LogP contribution in [-0.4, -0.2) is 53.0 Å². The van der Waals surface area contributed by atoms with Crippen LogP contribution < -0.4 is 20.7 Å². The number of carbonyl (C=O) groups is 2. The van der Waals surface area contributed by atoms with Crippen molar-refractivity contribution in [2.24, 2.45) is 5.73 Å². The fraction of sp³-hybridized carbons (Fsp3) is 0.235. The number of amides is 2. The Kier molecular flexibility index (Phi) is 6.87. The van der Waals surface area contributed by atoms with Gasteiger partial charge >= 0.3 is 0 Å². The molecule has 3 aromatic carbocycles. The summed E-state index contributed by atoms with van der Waals surface area (Å²) in [5.41, 5.74) is 13.9. The number of aromatic amines is 1. The molecule has 43 heavy (non-hydrogen) atoms. The quantitative estimate of drug-likeness (QED) is 0.246. The summed E-state index contributed by atoms with van der Waals surface area (Å²) in [6.07, 6.45) is 3.95. The summed E-state index contributed by atoms with van der Waals surface area (Å²) in [7, 11) is 0. The Labute approximate surface area is 249 Å². The molecule has 1 aliphatic carbocycles. The first-order valence-electron chi connectivity index (χ1n) is 14.6. The molecule has 2 amide bonds. The highest BCUT2D eigenvalue weighted by atomic mass is 16.5. The topological polar surface area (TPSA) is 126 Å². The number of anilines is 1. The van der Waals surface area contributed by atoms with Gasteiger partial charge in [0.2, 0.25) is 0 Å². The molecule has 2 aliphatic rings. The van der Waals surface area contributed by atoms with E-state index in [0.717, 1.165) is 39.2 Å². The molecular weight excluding hydrogens is 540 g/mol. The molecule has 0 unspecified atom stereocenters. The number of hydrogen-bond donors (Lipinski definition) is 3. The Bertz CT molecular complexity index is 1860. The van der Waals surface area contributed by atoms with Gasteiger partial charge in [0.15, 0.2) is 0 Å². The molecule has 0 radical (unpaired) electrons. The van der Waals surface area contributed by atoms with E-state index in [1.165, 1.54) is 18.4 Å². The Hall–Kier alpha value is -5.02. The standard InChI is InChI=1S/C34H32N6O3/c1-20-25(3-2-4-29(20)40-15-16-43-30-17-24(21-5-6-21)11-12-26(30)34(40)42)31-27-18-28(39-32(27)38-19-37-31)22-7-9-23(10-8-22)33(41)36-14-13-35/h2-4,7-12,17-19,21H,5-6,13-16,35H2,1H3,(H,36,41)(H,37,38,39). The Balaban J connectivity index is 1.21. The van der Waals surface area contributed by atoms with Gasteiger partial charge in [-0.25, -0.2) is 9.97 Å². The van der Waals surface area contributed by atoms with Crippen LogP contribution in [0, 0.1) is 6.92 Å². The monoisotopic (exact) mass is 572 g/mol. The molecule has 1 aliphatic heterocycles. The molecule has 9 nitrogen and oxygen atoms in total. The van der Waals surface area contributed by atoms with Crippen molar-refractivity contribution in [1.82, 2.24) is 20.3 Å². The summed E-state index contributed by atoms with van der Waals surface area (Å²) in [6.45, 7) is 3.71. The van der Waals surface area contributed by atoms with Crippen LogP contribution in [0.3, 0.4) is 0 Å². The predicted octanol–water partition coefficient (Wildman–Crippen LogP) is 5.21. The molecule has 9 heteroatoms. The molecule has 1 saturated carbocycles. The number of hydrogen-bond acceptors (Lipinski definition) is 6. The van der Waals surface area contributed by atoms with Gasteiger partial charge in [-0.1, -0.05) is 30.3 Å². The average molecular weight is 573 g/mol. The minimum atomic E-state index is -0.155.